The smallest absolute Gasteiger partial charge is 0.308 e. The molecule has 2 N–H and O–H groups in total. The summed E-state index contributed by atoms with van der Waals surface area (Å²) in [6.07, 6.45) is 0.495. The maximum atomic E-state index is 11.9. The molecule has 2 fully saturated rings. The van der Waals surface area contributed by atoms with E-state index in [1.807, 2.05) is 0 Å². The number of likely N-dealkylation sites (tertiary alicyclic amines) is 1. The zero-order valence-corrected chi connectivity index (χ0v) is 9.33. The van der Waals surface area contributed by atoms with Gasteiger partial charge in [0.15, 0.2) is 0 Å². The SMILES string of the molecule is O=C1N[C@H](C(=O)N2CCC(C(=O)O)C2)CS1. The Morgan fingerprint density at radius 3 is 2.75 bits per heavy atom. The molecule has 0 aromatic carbocycles. The molecule has 0 aliphatic carbocycles. The quantitative estimate of drug-likeness (QED) is 0.699. The second-order valence-electron chi connectivity index (χ2n) is 3.90. The van der Waals surface area contributed by atoms with Gasteiger partial charge in [-0.05, 0) is 6.42 Å². The summed E-state index contributed by atoms with van der Waals surface area (Å²) in [7, 11) is 0. The van der Waals surface area contributed by atoms with Crippen LogP contribution in [0.25, 0.3) is 0 Å². The summed E-state index contributed by atoms with van der Waals surface area (Å²) in [6.45, 7) is 0.720. The third-order valence-electron chi connectivity index (χ3n) is 2.82. The highest BCUT2D eigenvalue weighted by Crippen LogP contribution is 2.20. The number of nitrogens with zero attached hydrogens (tertiary/aromatic N) is 1. The van der Waals surface area contributed by atoms with Gasteiger partial charge < -0.3 is 15.3 Å². The second kappa shape index (κ2) is 4.32. The number of carboxylic acids is 1. The molecular weight excluding hydrogens is 232 g/mol. The first-order chi connectivity index (χ1) is 7.58. The van der Waals surface area contributed by atoms with Crippen molar-refractivity contribution in [3.8, 4) is 0 Å². The van der Waals surface area contributed by atoms with Crippen LogP contribution >= 0.6 is 11.8 Å². The number of thioether (sulfide) groups is 1. The van der Waals surface area contributed by atoms with Gasteiger partial charge in [-0.3, -0.25) is 14.4 Å². The molecule has 88 valence electrons. The van der Waals surface area contributed by atoms with Crippen molar-refractivity contribution < 1.29 is 19.5 Å². The van der Waals surface area contributed by atoms with Crippen molar-refractivity contribution in [1.29, 1.82) is 0 Å². The Balaban J connectivity index is 1.92. The minimum atomic E-state index is -0.861. The number of hydrogen-bond donors (Lipinski definition) is 2. The fraction of sp³-hybridized carbons (Fsp3) is 0.667. The predicted octanol–water partition coefficient (Wildman–Crippen LogP) is -0.256. The number of carbonyl (C=O) groups excluding carboxylic acids is 2. The molecule has 2 atom stereocenters. The van der Waals surface area contributed by atoms with Crippen LogP contribution in [-0.4, -0.2) is 52.0 Å². The molecule has 0 aromatic rings. The van der Waals surface area contributed by atoms with Crippen molar-refractivity contribution in [2.45, 2.75) is 12.5 Å². The van der Waals surface area contributed by atoms with Gasteiger partial charge in [0.1, 0.15) is 6.04 Å². The number of hydrogen-bond acceptors (Lipinski definition) is 4. The Kier molecular flexibility index (Phi) is 3.04. The highest BCUT2D eigenvalue weighted by Gasteiger charge is 2.36. The Bertz CT molecular complexity index is 346. The number of nitrogens with one attached hydrogen (secondary N) is 1. The summed E-state index contributed by atoms with van der Waals surface area (Å²) in [4.78, 5) is 35.1. The molecule has 2 saturated heterocycles. The average molecular weight is 244 g/mol. The summed E-state index contributed by atoms with van der Waals surface area (Å²) in [6, 6.07) is -0.481. The number of amides is 2. The van der Waals surface area contributed by atoms with Gasteiger partial charge >= 0.3 is 5.97 Å². The first kappa shape index (κ1) is 11.3. The van der Waals surface area contributed by atoms with E-state index >= 15 is 0 Å². The molecule has 2 aliphatic heterocycles. The molecular formula is C9H12N2O4S. The minimum absolute atomic E-state index is 0.165. The zero-order chi connectivity index (χ0) is 11.7. The van der Waals surface area contributed by atoms with Crippen LogP contribution in [0.15, 0.2) is 0 Å². The third-order valence-corrected chi connectivity index (χ3v) is 3.70. The number of carboxylic acid groups (broad SMARTS) is 1. The molecule has 2 aliphatic rings. The van der Waals surface area contributed by atoms with Crippen molar-refractivity contribution >= 4 is 28.9 Å². The van der Waals surface area contributed by atoms with Gasteiger partial charge in [-0.15, -0.1) is 0 Å². The lowest BCUT2D eigenvalue weighted by atomic mass is 10.1. The second-order valence-corrected chi connectivity index (χ2v) is 4.90. The maximum Gasteiger partial charge on any atom is 0.308 e. The predicted molar refractivity (Wildman–Crippen MR) is 57.1 cm³/mol. The third kappa shape index (κ3) is 2.13. The Labute approximate surface area is 96.4 Å². The van der Waals surface area contributed by atoms with E-state index in [0.29, 0.717) is 18.7 Å². The van der Waals surface area contributed by atoms with Gasteiger partial charge in [0.2, 0.25) is 5.91 Å². The van der Waals surface area contributed by atoms with Gasteiger partial charge in [-0.2, -0.15) is 0 Å². The average Bonchev–Trinajstić information content (AvgIpc) is 2.84. The van der Waals surface area contributed by atoms with E-state index in [1.165, 1.54) is 4.90 Å². The van der Waals surface area contributed by atoms with E-state index < -0.39 is 17.9 Å². The van der Waals surface area contributed by atoms with Crippen LogP contribution in [0.1, 0.15) is 6.42 Å². The summed E-state index contributed by atoms with van der Waals surface area (Å²) in [5, 5.41) is 11.2. The van der Waals surface area contributed by atoms with Crippen LogP contribution < -0.4 is 5.32 Å². The monoisotopic (exact) mass is 244 g/mol. The van der Waals surface area contributed by atoms with E-state index in [0.717, 1.165) is 11.8 Å². The van der Waals surface area contributed by atoms with Gasteiger partial charge in [-0.25, -0.2) is 0 Å². The fourth-order valence-electron chi connectivity index (χ4n) is 1.90. The summed E-state index contributed by atoms with van der Waals surface area (Å²) < 4.78 is 0. The van der Waals surface area contributed by atoms with Gasteiger partial charge in [0.05, 0.1) is 5.92 Å². The molecule has 0 saturated carbocycles. The molecule has 6 nitrogen and oxygen atoms in total. The number of rotatable bonds is 2. The zero-order valence-electron chi connectivity index (χ0n) is 8.51. The van der Waals surface area contributed by atoms with Crippen molar-refractivity contribution in [1.82, 2.24) is 10.2 Å². The van der Waals surface area contributed by atoms with Crippen LogP contribution in [0.3, 0.4) is 0 Å². The lowest BCUT2D eigenvalue weighted by molar-refractivity contribution is -0.141. The first-order valence-corrected chi connectivity index (χ1v) is 6.01. The van der Waals surface area contributed by atoms with Crippen molar-refractivity contribution in [2.75, 3.05) is 18.8 Å². The lowest BCUT2D eigenvalue weighted by Crippen LogP contribution is -2.44. The van der Waals surface area contributed by atoms with E-state index in [2.05, 4.69) is 5.32 Å². The van der Waals surface area contributed by atoms with Gasteiger partial charge in [0, 0.05) is 18.8 Å². The van der Waals surface area contributed by atoms with Crippen molar-refractivity contribution in [2.24, 2.45) is 5.92 Å². The molecule has 0 spiro atoms. The van der Waals surface area contributed by atoms with Crippen molar-refractivity contribution in [3.05, 3.63) is 0 Å². The van der Waals surface area contributed by atoms with Crippen LogP contribution in [0.5, 0.6) is 0 Å². The molecule has 0 bridgehead atoms. The standard InChI is InChI=1S/C9H12N2O4S/c12-7(6-4-16-9(15)10-6)11-2-1-5(3-11)8(13)14/h5-6H,1-4H2,(H,10,15)(H,13,14)/t5?,6-/m0/s1. The van der Waals surface area contributed by atoms with E-state index in [9.17, 15) is 14.4 Å². The highest BCUT2D eigenvalue weighted by atomic mass is 32.2. The van der Waals surface area contributed by atoms with Crippen LogP contribution in [-0.2, 0) is 9.59 Å². The Morgan fingerprint density at radius 2 is 2.25 bits per heavy atom. The lowest BCUT2D eigenvalue weighted by Gasteiger charge is -2.19. The molecule has 2 heterocycles. The van der Waals surface area contributed by atoms with Crippen LogP contribution in [0.4, 0.5) is 4.79 Å². The minimum Gasteiger partial charge on any atom is -0.481 e. The van der Waals surface area contributed by atoms with E-state index in [-0.39, 0.29) is 17.7 Å². The maximum absolute atomic E-state index is 11.9. The summed E-state index contributed by atoms with van der Waals surface area (Å²) in [5.41, 5.74) is 0. The summed E-state index contributed by atoms with van der Waals surface area (Å²) in [5.74, 6) is -1.05. The van der Waals surface area contributed by atoms with Crippen molar-refractivity contribution in [3.63, 3.8) is 0 Å². The van der Waals surface area contributed by atoms with E-state index in [4.69, 9.17) is 5.11 Å². The Hall–Kier alpha value is -1.24. The Morgan fingerprint density at radius 1 is 1.50 bits per heavy atom. The molecule has 0 aromatic heterocycles. The largest absolute Gasteiger partial charge is 0.481 e. The molecule has 0 radical (unpaired) electrons. The van der Waals surface area contributed by atoms with Crippen LogP contribution in [0, 0.1) is 5.92 Å². The number of aliphatic carboxylic acids is 1. The molecule has 7 heteroatoms. The summed E-state index contributed by atoms with van der Waals surface area (Å²) >= 11 is 1.09. The molecule has 1 unspecified atom stereocenters. The van der Waals surface area contributed by atoms with Gasteiger partial charge in [-0.1, -0.05) is 11.8 Å². The number of carbonyl (C=O) groups is 3. The highest BCUT2D eigenvalue weighted by molar-refractivity contribution is 8.14. The normalized spacial score (nSPS) is 29.2. The molecule has 2 rings (SSSR count). The fourth-order valence-corrected chi connectivity index (χ4v) is 2.67. The molecule has 16 heavy (non-hydrogen) atoms. The first-order valence-electron chi connectivity index (χ1n) is 5.03. The van der Waals surface area contributed by atoms with E-state index in [1.54, 1.807) is 0 Å². The van der Waals surface area contributed by atoms with Gasteiger partial charge in [0.25, 0.3) is 5.24 Å². The topological polar surface area (TPSA) is 86.7 Å². The molecule has 2 amide bonds. The van der Waals surface area contributed by atoms with Crippen LogP contribution in [0.2, 0.25) is 0 Å².